The second kappa shape index (κ2) is 8.76. The molecule has 6 aliphatic rings. The zero-order chi connectivity index (χ0) is 21.6. The summed E-state index contributed by atoms with van der Waals surface area (Å²) in [5.74, 6) is 2.06. The normalized spacial score (nSPS) is 42.4. The van der Waals surface area contributed by atoms with E-state index in [9.17, 15) is 4.79 Å². The molecule has 5 nitrogen and oxygen atoms in total. The van der Waals surface area contributed by atoms with Gasteiger partial charge in [0.05, 0.1) is 0 Å². The van der Waals surface area contributed by atoms with E-state index in [2.05, 4.69) is 0 Å². The first kappa shape index (κ1) is 21.7. The van der Waals surface area contributed by atoms with Gasteiger partial charge in [0.2, 0.25) is 0 Å². The third-order valence-corrected chi connectivity index (χ3v) is 10.6. The number of ether oxygens (including phenoxy) is 4. The van der Waals surface area contributed by atoms with Crippen molar-refractivity contribution in [2.45, 2.75) is 102 Å². The van der Waals surface area contributed by atoms with E-state index in [1.54, 1.807) is 0 Å². The Hall–Kier alpha value is -0.810. The molecule has 0 aromatic rings. The van der Waals surface area contributed by atoms with Crippen LogP contribution in [0, 0.1) is 34.5 Å². The highest BCUT2D eigenvalue weighted by Gasteiger charge is 2.61. The summed E-state index contributed by atoms with van der Waals surface area (Å²) in [6.07, 6.45) is 17.2. The Morgan fingerprint density at radius 3 is 1.47 bits per heavy atom. The molecule has 4 saturated carbocycles. The summed E-state index contributed by atoms with van der Waals surface area (Å²) in [6, 6.07) is 0. The Labute approximate surface area is 193 Å². The minimum Gasteiger partial charge on any atom is -0.431 e. The fourth-order valence-corrected chi connectivity index (χ4v) is 9.17. The maximum atomic E-state index is 13.0. The van der Waals surface area contributed by atoms with Crippen molar-refractivity contribution in [3.05, 3.63) is 0 Å². The van der Waals surface area contributed by atoms with Gasteiger partial charge in [-0.1, -0.05) is 38.5 Å². The van der Waals surface area contributed by atoms with Gasteiger partial charge in [0.1, 0.15) is 12.2 Å². The van der Waals surface area contributed by atoms with E-state index in [0.29, 0.717) is 34.5 Å². The van der Waals surface area contributed by atoms with Gasteiger partial charge in [-0.25, -0.2) is 4.79 Å². The van der Waals surface area contributed by atoms with E-state index in [0.717, 1.165) is 52.1 Å². The Morgan fingerprint density at radius 1 is 0.656 bits per heavy atom. The van der Waals surface area contributed by atoms with Crippen molar-refractivity contribution in [1.29, 1.82) is 0 Å². The van der Waals surface area contributed by atoms with Crippen LogP contribution in [0.1, 0.15) is 89.9 Å². The van der Waals surface area contributed by atoms with Gasteiger partial charge >= 0.3 is 6.16 Å². The molecule has 2 aliphatic heterocycles. The van der Waals surface area contributed by atoms with Crippen molar-refractivity contribution in [1.82, 2.24) is 0 Å². The van der Waals surface area contributed by atoms with Crippen molar-refractivity contribution >= 4 is 6.16 Å². The molecule has 5 heteroatoms. The van der Waals surface area contributed by atoms with Crippen LogP contribution in [0.5, 0.6) is 0 Å². The Balaban J connectivity index is 1.10. The van der Waals surface area contributed by atoms with Gasteiger partial charge in [0.15, 0.2) is 0 Å². The molecule has 2 heterocycles. The van der Waals surface area contributed by atoms with E-state index < -0.39 is 6.16 Å². The first-order chi connectivity index (χ1) is 15.7. The topological polar surface area (TPSA) is 54.0 Å². The molecular weight excluding hydrogens is 404 g/mol. The molecule has 0 amide bonds. The second-order valence-corrected chi connectivity index (χ2v) is 12.1. The maximum absolute atomic E-state index is 13.0. The lowest BCUT2D eigenvalue weighted by atomic mass is 9.49. The Bertz CT molecular complexity index is 612. The Kier molecular flexibility index (Phi) is 5.94. The van der Waals surface area contributed by atoms with Crippen LogP contribution in [0.3, 0.4) is 0 Å². The first-order valence-electron chi connectivity index (χ1n) is 13.7. The third kappa shape index (κ3) is 3.70. The summed E-state index contributed by atoms with van der Waals surface area (Å²) in [5, 5.41) is 0. The van der Waals surface area contributed by atoms with Gasteiger partial charge in [0.25, 0.3) is 0 Å². The monoisotopic (exact) mass is 446 g/mol. The summed E-state index contributed by atoms with van der Waals surface area (Å²) in [6.45, 7) is 3.42. The fraction of sp³-hybridized carbons (Fsp3) is 0.963. The molecule has 0 radical (unpaired) electrons. The molecule has 2 saturated heterocycles. The average Bonchev–Trinajstić information content (AvgIpc) is 3.49. The number of hydrogen-bond acceptors (Lipinski definition) is 5. The van der Waals surface area contributed by atoms with Crippen LogP contribution >= 0.6 is 0 Å². The largest absolute Gasteiger partial charge is 0.508 e. The van der Waals surface area contributed by atoms with Crippen LogP contribution in [0.25, 0.3) is 0 Å². The highest BCUT2D eigenvalue weighted by atomic mass is 16.7. The summed E-state index contributed by atoms with van der Waals surface area (Å²) in [4.78, 5) is 13.0. The molecule has 6 fully saturated rings. The van der Waals surface area contributed by atoms with Crippen LogP contribution in [0.2, 0.25) is 0 Å². The van der Waals surface area contributed by atoms with Crippen LogP contribution in [-0.4, -0.2) is 44.8 Å². The molecule has 6 unspecified atom stereocenters. The lowest BCUT2D eigenvalue weighted by Gasteiger charge is -2.59. The van der Waals surface area contributed by atoms with Gasteiger partial charge < -0.3 is 18.9 Å². The molecule has 0 N–H and O–H groups in total. The standard InChI is InChI=1S/C27H42O5/c28-25(31-21-15-26(9-3-1-4-10-26)23(21)19-7-13-29-17-19)32-22-16-27(11-5-2-6-12-27)24(22)20-8-14-30-18-20/h19-24H,1-18H2. The smallest absolute Gasteiger partial charge is 0.431 e. The molecule has 180 valence electrons. The van der Waals surface area contributed by atoms with Gasteiger partial charge in [-0.3, -0.25) is 0 Å². The lowest BCUT2D eigenvalue weighted by molar-refractivity contribution is -0.192. The van der Waals surface area contributed by atoms with Crippen LogP contribution in [-0.2, 0) is 18.9 Å². The third-order valence-electron chi connectivity index (χ3n) is 10.6. The molecule has 4 aliphatic carbocycles. The van der Waals surface area contributed by atoms with E-state index >= 15 is 0 Å². The van der Waals surface area contributed by atoms with Crippen molar-refractivity contribution in [3.8, 4) is 0 Å². The molecule has 32 heavy (non-hydrogen) atoms. The zero-order valence-corrected chi connectivity index (χ0v) is 19.7. The average molecular weight is 447 g/mol. The molecule has 0 aromatic heterocycles. The summed E-state index contributed by atoms with van der Waals surface area (Å²) in [5.41, 5.74) is 0.793. The maximum Gasteiger partial charge on any atom is 0.508 e. The van der Waals surface area contributed by atoms with Crippen molar-refractivity contribution < 1.29 is 23.7 Å². The van der Waals surface area contributed by atoms with Gasteiger partial charge in [-0.05, 0) is 74.0 Å². The quantitative estimate of drug-likeness (QED) is 0.504. The number of carbonyl (C=O) groups is 1. The summed E-state index contributed by atoms with van der Waals surface area (Å²) >= 11 is 0. The van der Waals surface area contributed by atoms with E-state index in [-0.39, 0.29) is 12.2 Å². The molecule has 0 aromatic carbocycles. The highest BCUT2D eigenvalue weighted by molar-refractivity contribution is 5.61. The van der Waals surface area contributed by atoms with Crippen molar-refractivity contribution in [2.75, 3.05) is 26.4 Å². The SMILES string of the molecule is O=C(OC1CC2(CCCCC2)C1C1CCOC1)OC1CC2(CCCCC2)C1C1CCOC1. The fourth-order valence-electron chi connectivity index (χ4n) is 9.17. The zero-order valence-electron chi connectivity index (χ0n) is 19.7. The predicted octanol–water partition coefficient (Wildman–Crippen LogP) is 5.89. The number of carbonyl (C=O) groups excluding carboxylic acids is 1. The van der Waals surface area contributed by atoms with Gasteiger partial charge in [-0.2, -0.15) is 0 Å². The van der Waals surface area contributed by atoms with Crippen LogP contribution in [0.15, 0.2) is 0 Å². The van der Waals surface area contributed by atoms with E-state index in [4.69, 9.17) is 18.9 Å². The lowest BCUT2D eigenvalue weighted by Crippen LogP contribution is -2.59. The van der Waals surface area contributed by atoms with E-state index in [1.807, 2.05) is 0 Å². The highest BCUT2D eigenvalue weighted by Crippen LogP contribution is 2.62. The molecule has 0 bridgehead atoms. The minimum atomic E-state index is -0.399. The van der Waals surface area contributed by atoms with Crippen molar-refractivity contribution in [2.24, 2.45) is 34.5 Å². The summed E-state index contributed by atoms with van der Waals surface area (Å²) in [7, 11) is 0. The second-order valence-electron chi connectivity index (χ2n) is 12.1. The molecular formula is C27H42O5. The van der Waals surface area contributed by atoms with Crippen molar-refractivity contribution in [3.63, 3.8) is 0 Å². The Morgan fingerprint density at radius 2 is 1.09 bits per heavy atom. The molecule has 6 rings (SSSR count). The van der Waals surface area contributed by atoms with Gasteiger partial charge in [-0.15, -0.1) is 0 Å². The number of rotatable bonds is 4. The number of hydrogen-bond donors (Lipinski definition) is 0. The molecule has 2 spiro atoms. The van der Waals surface area contributed by atoms with Crippen LogP contribution in [0.4, 0.5) is 4.79 Å². The van der Waals surface area contributed by atoms with E-state index in [1.165, 1.54) is 64.2 Å². The summed E-state index contributed by atoms with van der Waals surface area (Å²) < 4.78 is 23.7. The predicted molar refractivity (Wildman–Crippen MR) is 120 cm³/mol. The molecule has 6 atom stereocenters. The minimum absolute atomic E-state index is 0.0317. The van der Waals surface area contributed by atoms with Gasteiger partial charge in [0, 0.05) is 38.3 Å². The first-order valence-corrected chi connectivity index (χ1v) is 13.7. The van der Waals surface area contributed by atoms with Crippen LogP contribution < -0.4 is 0 Å².